The number of hydrogen-bond acceptors (Lipinski definition) is 3. The van der Waals surface area contributed by atoms with E-state index in [4.69, 9.17) is 0 Å². The Morgan fingerprint density at radius 2 is 1.79 bits per heavy atom. The summed E-state index contributed by atoms with van der Waals surface area (Å²) in [6.45, 7) is 3.62. The van der Waals surface area contributed by atoms with Crippen LogP contribution in [0, 0.1) is 12.3 Å². The lowest BCUT2D eigenvalue weighted by molar-refractivity contribution is -0.150. The van der Waals surface area contributed by atoms with E-state index in [1.165, 1.54) is 0 Å². The summed E-state index contributed by atoms with van der Waals surface area (Å²) >= 11 is 0. The Morgan fingerprint density at radius 3 is 2.33 bits per heavy atom. The highest BCUT2D eigenvalue weighted by atomic mass is 16.4. The van der Waals surface area contributed by atoms with Gasteiger partial charge in [0.2, 0.25) is 11.8 Å². The Bertz CT molecular complexity index is 648. The minimum atomic E-state index is -0.922. The molecule has 0 aliphatic heterocycles. The summed E-state index contributed by atoms with van der Waals surface area (Å²) in [6, 6.07) is 5.21. The van der Waals surface area contributed by atoms with Gasteiger partial charge in [0.05, 0.1) is 5.41 Å². The Hall–Kier alpha value is -2.37. The van der Waals surface area contributed by atoms with Gasteiger partial charge in [-0.15, -0.1) is 0 Å². The molecule has 1 aromatic carbocycles. The zero-order chi connectivity index (χ0) is 17.7. The third-order valence-electron chi connectivity index (χ3n) is 4.62. The first kappa shape index (κ1) is 18.0. The van der Waals surface area contributed by atoms with E-state index in [-0.39, 0.29) is 18.2 Å². The average Bonchev–Trinajstić information content (AvgIpc) is 2.99. The van der Waals surface area contributed by atoms with Gasteiger partial charge in [-0.2, -0.15) is 0 Å². The number of anilines is 2. The standard InChI is InChI=1S/C18H24N2O4/c1-3-15(21)20-14-7-6-13(10-12(14)2)19-16(22)11-18(17(23)24)8-4-5-9-18/h6-7,10H,3-5,8-9,11H2,1-2H3,(H,19,22)(H,20,21)(H,23,24). The van der Waals surface area contributed by atoms with Gasteiger partial charge in [0, 0.05) is 24.2 Å². The number of aryl methyl sites for hydroxylation is 1. The van der Waals surface area contributed by atoms with Crippen LogP contribution in [0.5, 0.6) is 0 Å². The van der Waals surface area contributed by atoms with Crippen LogP contribution in [0.4, 0.5) is 11.4 Å². The van der Waals surface area contributed by atoms with Gasteiger partial charge < -0.3 is 15.7 Å². The van der Waals surface area contributed by atoms with Gasteiger partial charge in [-0.3, -0.25) is 14.4 Å². The van der Waals surface area contributed by atoms with Crippen molar-refractivity contribution >= 4 is 29.2 Å². The van der Waals surface area contributed by atoms with Gasteiger partial charge in [0.25, 0.3) is 0 Å². The number of aliphatic carboxylic acids is 1. The van der Waals surface area contributed by atoms with Crippen molar-refractivity contribution in [2.24, 2.45) is 5.41 Å². The molecular weight excluding hydrogens is 308 g/mol. The van der Waals surface area contributed by atoms with E-state index in [2.05, 4.69) is 10.6 Å². The van der Waals surface area contributed by atoms with E-state index in [1.54, 1.807) is 25.1 Å². The molecule has 6 nitrogen and oxygen atoms in total. The quantitative estimate of drug-likeness (QED) is 0.744. The Kier molecular flexibility index (Phi) is 5.59. The van der Waals surface area contributed by atoms with Crippen LogP contribution in [-0.4, -0.2) is 22.9 Å². The number of amides is 2. The molecule has 130 valence electrons. The lowest BCUT2D eigenvalue weighted by atomic mass is 9.82. The van der Waals surface area contributed by atoms with Gasteiger partial charge in [-0.05, 0) is 43.5 Å². The number of carbonyl (C=O) groups excluding carboxylic acids is 2. The van der Waals surface area contributed by atoms with Crippen molar-refractivity contribution in [3.8, 4) is 0 Å². The molecule has 0 atom stereocenters. The summed E-state index contributed by atoms with van der Waals surface area (Å²) in [5.41, 5.74) is 1.22. The Morgan fingerprint density at radius 1 is 1.12 bits per heavy atom. The van der Waals surface area contributed by atoms with Crippen molar-refractivity contribution < 1.29 is 19.5 Å². The van der Waals surface area contributed by atoms with Crippen molar-refractivity contribution in [2.75, 3.05) is 10.6 Å². The highest BCUT2D eigenvalue weighted by Crippen LogP contribution is 2.41. The minimum absolute atomic E-state index is 0.00426. The molecule has 1 aliphatic carbocycles. The number of carboxylic acids is 1. The first-order chi connectivity index (χ1) is 11.4. The third-order valence-corrected chi connectivity index (χ3v) is 4.62. The van der Waals surface area contributed by atoms with E-state index in [1.807, 2.05) is 6.92 Å². The van der Waals surface area contributed by atoms with E-state index in [9.17, 15) is 19.5 Å². The highest BCUT2D eigenvalue weighted by Gasteiger charge is 2.42. The van der Waals surface area contributed by atoms with Gasteiger partial charge in [0.15, 0.2) is 0 Å². The summed E-state index contributed by atoms with van der Waals surface area (Å²) in [4.78, 5) is 35.2. The second kappa shape index (κ2) is 7.47. The van der Waals surface area contributed by atoms with Gasteiger partial charge in [-0.1, -0.05) is 19.8 Å². The maximum atomic E-state index is 12.3. The summed E-state index contributed by atoms with van der Waals surface area (Å²) in [7, 11) is 0. The first-order valence-corrected chi connectivity index (χ1v) is 8.30. The number of nitrogens with one attached hydrogen (secondary N) is 2. The fourth-order valence-electron chi connectivity index (χ4n) is 3.15. The predicted molar refractivity (Wildman–Crippen MR) is 91.9 cm³/mol. The van der Waals surface area contributed by atoms with Crippen molar-refractivity contribution in [1.82, 2.24) is 0 Å². The van der Waals surface area contributed by atoms with Gasteiger partial charge in [0.1, 0.15) is 0 Å². The number of benzene rings is 1. The summed E-state index contributed by atoms with van der Waals surface area (Å²) in [6.07, 6.45) is 3.20. The molecule has 24 heavy (non-hydrogen) atoms. The van der Waals surface area contributed by atoms with Gasteiger partial charge >= 0.3 is 5.97 Å². The van der Waals surface area contributed by atoms with Crippen molar-refractivity contribution in [1.29, 1.82) is 0 Å². The monoisotopic (exact) mass is 332 g/mol. The topological polar surface area (TPSA) is 95.5 Å². The van der Waals surface area contributed by atoms with Crippen LogP contribution in [0.25, 0.3) is 0 Å². The number of carbonyl (C=O) groups is 3. The summed E-state index contributed by atoms with van der Waals surface area (Å²) in [5, 5.41) is 15.0. The molecule has 0 saturated heterocycles. The maximum absolute atomic E-state index is 12.3. The molecule has 0 bridgehead atoms. The molecule has 2 amide bonds. The molecule has 0 heterocycles. The second-order valence-corrected chi connectivity index (χ2v) is 6.45. The van der Waals surface area contributed by atoms with Crippen LogP contribution < -0.4 is 10.6 Å². The molecule has 1 aliphatic rings. The third kappa shape index (κ3) is 4.13. The summed E-state index contributed by atoms with van der Waals surface area (Å²) < 4.78 is 0. The zero-order valence-corrected chi connectivity index (χ0v) is 14.1. The average molecular weight is 332 g/mol. The van der Waals surface area contributed by atoms with E-state index in [0.29, 0.717) is 30.6 Å². The highest BCUT2D eigenvalue weighted by molar-refractivity contribution is 5.95. The maximum Gasteiger partial charge on any atom is 0.310 e. The fourth-order valence-corrected chi connectivity index (χ4v) is 3.15. The van der Waals surface area contributed by atoms with Crippen molar-refractivity contribution in [2.45, 2.75) is 52.4 Å². The first-order valence-electron chi connectivity index (χ1n) is 8.30. The van der Waals surface area contributed by atoms with Crippen LogP contribution in [-0.2, 0) is 14.4 Å². The lowest BCUT2D eigenvalue weighted by Gasteiger charge is -2.23. The molecular formula is C18H24N2O4. The van der Waals surface area contributed by atoms with Crippen molar-refractivity contribution in [3.63, 3.8) is 0 Å². The molecule has 0 radical (unpaired) electrons. The summed E-state index contributed by atoms with van der Waals surface area (Å²) in [5.74, 6) is -1.24. The normalized spacial score (nSPS) is 15.8. The molecule has 1 saturated carbocycles. The zero-order valence-electron chi connectivity index (χ0n) is 14.1. The molecule has 0 aromatic heterocycles. The second-order valence-electron chi connectivity index (χ2n) is 6.45. The number of hydrogen-bond donors (Lipinski definition) is 3. The molecule has 0 spiro atoms. The SMILES string of the molecule is CCC(=O)Nc1ccc(NC(=O)CC2(C(=O)O)CCCC2)cc1C. The Balaban J connectivity index is 2.02. The van der Waals surface area contributed by atoms with Crippen molar-refractivity contribution in [3.05, 3.63) is 23.8 Å². The van der Waals surface area contributed by atoms with Crippen LogP contribution in [0.15, 0.2) is 18.2 Å². The molecule has 6 heteroatoms. The van der Waals surface area contributed by atoms with Crippen LogP contribution >= 0.6 is 0 Å². The largest absolute Gasteiger partial charge is 0.481 e. The molecule has 3 N–H and O–H groups in total. The molecule has 1 aromatic rings. The van der Waals surface area contributed by atoms with E-state index < -0.39 is 11.4 Å². The lowest BCUT2D eigenvalue weighted by Crippen LogP contribution is -2.32. The molecule has 0 unspecified atom stereocenters. The molecule has 2 rings (SSSR count). The van der Waals surface area contributed by atoms with Crippen LogP contribution in [0.1, 0.15) is 51.0 Å². The number of rotatable bonds is 6. The predicted octanol–water partition coefficient (Wildman–Crippen LogP) is 3.32. The smallest absolute Gasteiger partial charge is 0.310 e. The molecule has 1 fully saturated rings. The van der Waals surface area contributed by atoms with Gasteiger partial charge in [-0.25, -0.2) is 0 Å². The number of carboxylic acid groups (broad SMARTS) is 1. The Labute approximate surface area is 141 Å². The fraction of sp³-hybridized carbons (Fsp3) is 0.500. The van der Waals surface area contributed by atoms with Crippen LogP contribution in [0.2, 0.25) is 0 Å². The van der Waals surface area contributed by atoms with Crippen LogP contribution in [0.3, 0.4) is 0 Å². The van der Waals surface area contributed by atoms with E-state index >= 15 is 0 Å². The minimum Gasteiger partial charge on any atom is -0.481 e. The van der Waals surface area contributed by atoms with E-state index in [0.717, 1.165) is 18.4 Å².